The Labute approximate surface area is 200 Å². The van der Waals surface area contributed by atoms with Gasteiger partial charge in [0.25, 0.3) is 5.91 Å². The molecule has 0 unspecified atom stereocenters. The van der Waals surface area contributed by atoms with Gasteiger partial charge in [-0.1, -0.05) is 29.5 Å². The van der Waals surface area contributed by atoms with Gasteiger partial charge in [0, 0.05) is 18.7 Å². The molecule has 0 radical (unpaired) electrons. The van der Waals surface area contributed by atoms with Crippen LogP contribution in [0.4, 0.5) is 15.2 Å². The molecule has 10 heteroatoms. The van der Waals surface area contributed by atoms with Crippen molar-refractivity contribution < 1.29 is 22.3 Å². The lowest BCUT2D eigenvalue weighted by Gasteiger charge is -2.26. The summed E-state index contributed by atoms with van der Waals surface area (Å²) in [6.45, 7) is 1.17. The first-order chi connectivity index (χ1) is 16.4. The van der Waals surface area contributed by atoms with Crippen molar-refractivity contribution in [2.45, 2.75) is 4.90 Å². The lowest BCUT2D eigenvalue weighted by Crippen LogP contribution is -2.40. The second-order valence-electron chi connectivity index (χ2n) is 7.63. The highest BCUT2D eigenvalue weighted by molar-refractivity contribution is 7.89. The van der Waals surface area contributed by atoms with Crippen molar-refractivity contribution in [3.05, 3.63) is 84.2 Å². The molecule has 1 aliphatic rings. The number of halogens is 1. The number of morpholine rings is 1. The second kappa shape index (κ2) is 9.22. The van der Waals surface area contributed by atoms with Crippen molar-refractivity contribution >= 4 is 48.3 Å². The van der Waals surface area contributed by atoms with Gasteiger partial charge in [-0.3, -0.25) is 9.69 Å². The van der Waals surface area contributed by atoms with Crippen LogP contribution in [0.3, 0.4) is 0 Å². The van der Waals surface area contributed by atoms with E-state index in [0.29, 0.717) is 24.0 Å². The molecule has 2 heterocycles. The lowest BCUT2D eigenvalue weighted by molar-refractivity contribution is 0.0730. The fraction of sp³-hybridized carbons (Fsp3) is 0.167. The number of hydrogen-bond acceptors (Lipinski definition) is 6. The van der Waals surface area contributed by atoms with Crippen molar-refractivity contribution in [1.82, 2.24) is 9.29 Å². The molecule has 0 saturated carbocycles. The zero-order chi connectivity index (χ0) is 23.7. The van der Waals surface area contributed by atoms with E-state index < -0.39 is 21.7 Å². The normalized spacial score (nSPS) is 14.9. The van der Waals surface area contributed by atoms with Crippen LogP contribution in [0.2, 0.25) is 0 Å². The molecule has 4 aromatic rings. The van der Waals surface area contributed by atoms with Crippen LogP contribution >= 0.6 is 11.3 Å². The minimum Gasteiger partial charge on any atom is -0.379 e. The number of hydrogen-bond donors (Lipinski definition) is 0. The third kappa shape index (κ3) is 4.32. The molecule has 174 valence electrons. The van der Waals surface area contributed by atoms with Crippen LogP contribution in [-0.4, -0.2) is 49.9 Å². The molecule has 1 aliphatic heterocycles. The molecule has 34 heavy (non-hydrogen) atoms. The minimum atomic E-state index is -3.78. The Kier molecular flexibility index (Phi) is 6.13. The number of carbonyl (C=O) groups excluding carboxylic acids is 1. The van der Waals surface area contributed by atoms with Crippen LogP contribution in [-0.2, 0) is 14.8 Å². The zero-order valence-corrected chi connectivity index (χ0v) is 19.6. The Morgan fingerprint density at radius 3 is 2.47 bits per heavy atom. The molecule has 3 aromatic carbocycles. The Hall–Kier alpha value is -3.18. The van der Waals surface area contributed by atoms with Gasteiger partial charge < -0.3 is 4.74 Å². The number of ether oxygens (including phenoxy) is 1. The fourth-order valence-electron chi connectivity index (χ4n) is 3.72. The summed E-state index contributed by atoms with van der Waals surface area (Å²) >= 11 is 1.32. The molecule has 0 aliphatic carbocycles. The summed E-state index contributed by atoms with van der Waals surface area (Å²) in [4.78, 5) is 19.7. The average Bonchev–Trinajstić information content (AvgIpc) is 3.29. The van der Waals surface area contributed by atoms with Crippen molar-refractivity contribution in [3.8, 4) is 0 Å². The Morgan fingerprint density at radius 2 is 1.74 bits per heavy atom. The van der Waals surface area contributed by atoms with E-state index in [-0.39, 0.29) is 23.5 Å². The van der Waals surface area contributed by atoms with E-state index in [1.54, 1.807) is 12.1 Å². The molecule has 1 saturated heterocycles. The molecule has 0 atom stereocenters. The topological polar surface area (TPSA) is 79.8 Å². The van der Waals surface area contributed by atoms with Gasteiger partial charge in [0.1, 0.15) is 5.82 Å². The van der Waals surface area contributed by atoms with Crippen LogP contribution in [0.25, 0.3) is 10.2 Å². The highest BCUT2D eigenvalue weighted by Gasteiger charge is 2.29. The molecule has 1 amide bonds. The van der Waals surface area contributed by atoms with Crippen molar-refractivity contribution in [1.29, 1.82) is 0 Å². The van der Waals surface area contributed by atoms with E-state index in [9.17, 15) is 17.6 Å². The highest BCUT2D eigenvalue weighted by atomic mass is 32.2. The average molecular weight is 498 g/mol. The van der Waals surface area contributed by atoms with Crippen molar-refractivity contribution in [2.75, 3.05) is 31.2 Å². The van der Waals surface area contributed by atoms with Gasteiger partial charge in [-0.25, -0.2) is 17.8 Å². The molecular formula is C24H20FN3O4S2. The van der Waals surface area contributed by atoms with Crippen molar-refractivity contribution in [2.24, 2.45) is 0 Å². The quantitative estimate of drug-likeness (QED) is 0.407. The third-order valence-corrected chi connectivity index (χ3v) is 8.37. The maximum atomic E-state index is 13.7. The van der Waals surface area contributed by atoms with E-state index in [0.717, 1.165) is 10.2 Å². The molecule has 0 bridgehead atoms. The molecular weight excluding hydrogens is 477 g/mol. The Morgan fingerprint density at radius 1 is 1.00 bits per heavy atom. The van der Waals surface area contributed by atoms with Crippen LogP contribution < -0.4 is 4.90 Å². The van der Waals surface area contributed by atoms with Crippen LogP contribution in [0.1, 0.15) is 10.4 Å². The van der Waals surface area contributed by atoms with Gasteiger partial charge in [0.2, 0.25) is 10.0 Å². The first-order valence-electron chi connectivity index (χ1n) is 10.6. The van der Waals surface area contributed by atoms with E-state index >= 15 is 0 Å². The van der Waals surface area contributed by atoms with Gasteiger partial charge >= 0.3 is 0 Å². The maximum Gasteiger partial charge on any atom is 0.264 e. The van der Waals surface area contributed by atoms with Crippen LogP contribution in [0, 0.1) is 5.82 Å². The number of sulfonamides is 1. The van der Waals surface area contributed by atoms with E-state index in [4.69, 9.17) is 4.74 Å². The molecule has 1 fully saturated rings. The Bertz CT molecular complexity index is 1420. The molecule has 7 nitrogen and oxygen atoms in total. The van der Waals surface area contributed by atoms with Crippen LogP contribution in [0.5, 0.6) is 0 Å². The zero-order valence-electron chi connectivity index (χ0n) is 17.9. The summed E-state index contributed by atoms with van der Waals surface area (Å²) < 4.78 is 47.3. The summed E-state index contributed by atoms with van der Waals surface area (Å²) in [5, 5.41) is 0.402. The number of anilines is 2. The van der Waals surface area contributed by atoms with Gasteiger partial charge in [-0.05, 0) is 54.6 Å². The number of para-hydroxylation sites is 1. The van der Waals surface area contributed by atoms with Gasteiger partial charge in [0.15, 0.2) is 5.13 Å². The van der Waals surface area contributed by atoms with Crippen molar-refractivity contribution in [3.63, 3.8) is 0 Å². The number of aromatic nitrogens is 1. The largest absolute Gasteiger partial charge is 0.379 e. The standard InChI is InChI=1S/C24H20FN3O4S2/c25-18-8-10-19(11-9-18)28(24-26-21-6-1-2-7-22(21)33-24)23(29)17-4-3-5-20(16-17)34(30,31)27-12-14-32-15-13-27/h1-11,16H,12-15H2. The molecule has 0 N–H and O–H groups in total. The number of fused-ring (bicyclic) bond motifs is 1. The number of nitrogens with zero attached hydrogens (tertiary/aromatic N) is 3. The smallest absolute Gasteiger partial charge is 0.264 e. The van der Waals surface area contributed by atoms with E-state index in [1.807, 2.05) is 24.3 Å². The van der Waals surface area contributed by atoms with E-state index in [2.05, 4.69) is 4.98 Å². The number of benzene rings is 3. The molecule has 5 rings (SSSR count). The summed E-state index contributed by atoms with van der Waals surface area (Å²) in [6, 6.07) is 19.0. The molecule has 0 spiro atoms. The highest BCUT2D eigenvalue weighted by Crippen LogP contribution is 2.35. The maximum absolute atomic E-state index is 13.7. The Balaban J connectivity index is 1.56. The molecule has 1 aromatic heterocycles. The van der Waals surface area contributed by atoms with Gasteiger partial charge in [-0.2, -0.15) is 4.31 Å². The summed E-state index contributed by atoms with van der Waals surface area (Å²) in [6.07, 6.45) is 0. The van der Waals surface area contributed by atoms with Gasteiger partial charge in [-0.15, -0.1) is 0 Å². The number of thiazole rings is 1. The third-order valence-electron chi connectivity index (χ3n) is 5.45. The number of carbonyl (C=O) groups is 1. The monoisotopic (exact) mass is 497 g/mol. The number of amides is 1. The van der Waals surface area contributed by atoms with Crippen LogP contribution in [0.15, 0.2) is 77.7 Å². The summed E-state index contributed by atoms with van der Waals surface area (Å²) in [7, 11) is -3.78. The predicted molar refractivity (Wildman–Crippen MR) is 129 cm³/mol. The SMILES string of the molecule is O=C(c1cccc(S(=O)(=O)N2CCOCC2)c1)N(c1ccc(F)cc1)c1nc2ccccc2s1. The van der Waals surface area contributed by atoms with Gasteiger partial charge in [0.05, 0.1) is 34.0 Å². The lowest BCUT2D eigenvalue weighted by atomic mass is 10.2. The predicted octanol–water partition coefficient (Wildman–Crippen LogP) is 4.43. The number of rotatable bonds is 5. The minimum absolute atomic E-state index is 0.0311. The summed E-state index contributed by atoms with van der Waals surface area (Å²) in [5.74, 6) is -0.899. The first kappa shape index (κ1) is 22.6. The summed E-state index contributed by atoms with van der Waals surface area (Å²) in [5.41, 5.74) is 1.33. The second-order valence-corrected chi connectivity index (χ2v) is 10.6. The van der Waals surface area contributed by atoms with E-state index in [1.165, 1.54) is 56.9 Å². The first-order valence-corrected chi connectivity index (χ1v) is 12.8. The fourth-order valence-corrected chi connectivity index (χ4v) is 6.15.